The fourth-order valence-electron chi connectivity index (χ4n) is 1.14. The standard InChI is InChI=1S/C10H12BrNO4S/c1-17(15,16)5-4-12-10(14)8-6-7(11)2-3-9(8)13/h2-3,6,13H,4-5H2,1H3,(H,12,14). The molecule has 1 aromatic carbocycles. The topological polar surface area (TPSA) is 83.5 Å². The van der Waals surface area contributed by atoms with Gasteiger partial charge in [-0.1, -0.05) is 15.9 Å². The van der Waals surface area contributed by atoms with Crippen molar-refractivity contribution in [3.63, 3.8) is 0 Å². The lowest BCUT2D eigenvalue weighted by molar-refractivity contribution is 0.0953. The Balaban J connectivity index is 2.67. The van der Waals surface area contributed by atoms with E-state index in [1.165, 1.54) is 12.1 Å². The number of phenols is 1. The largest absolute Gasteiger partial charge is 0.507 e. The average Bonchev–Trinajstić information content (AvgIpc) is 2.19. The van der Waals surface area contributed by atoms with Crippen LogP contribution in [0.3, 0.4) is 0 Å². The maximum Gasteiger partial charge on any atom is 0.255 e. The summed E-state index contributed by atoms with van der Waals surface area (Å²) in [4.78, 5) is 11.6. The second-order valence-electron chi connectivity index (χ2n) is 3.55. The van der Waals surface area contributed by atoms with Crippen LogP contribution in [0.25, 0.3) is 0 Å². The number of halogens is 1. The van der Waals surface area contributed by atoms with Crippen molar-refractivity contribution >= 4 is 31.7 Å². The van der Waals surface area contributed by atoms with Gasteiger partial charge in [0, 0.05) is 17.3 Å². The number of carbonyl (C=O) groups is 1. The van der Waals surface area contributed by atoms with Crippen LogP contribution in [0.4, 0.5) is 0 Å². The zero-order chi connectivity index (χ0) is 13.1. The quantitative estimate of drug-likeness (QED) is 0.864. The van der Waals surface area contributed by atoms with Crippen LogP contribution >= 0.6 is 15.9 Å². The second kappa shape index (κ2) is 5.50. The van der Waals surface area contributed by atoms with Crippen LogP contribution in [-0.4, -0.2) is 38.0 Å². The van der Waals surface area contributed by atoms with E-state index in [1.807, 2.05) is 0 Å². The number of aromatic hydroxyl groups is 1. The molecule has 5 nitrogen and oxygen atoms in total. The molecule has 0 fully saturated rings. The van der Waals surface area contributed by atoms with E-state index in [2.05, 4.69) is 21.2 Å². The maximum atomic E-state index is 11.6. The van der Waals surface area contributed by atoms with E-state index in [9.17, 15) is 18.3 Å². The number of phenolic OH excluding ortho intramolecular Hbond substituents is 1. The molecule has 1 amide bonds. The number of sulfone groups is 1. The summed E-state index contributed by atoms with van der Waals surface area (Å²) in [7, 11) is -3.11. The number of benzene rings is 1. The van der Waals surface area contributed by atoms with Gasteiger partial charge in [-0.05, 0) is 18.2 Å². The van der Waals surface area contributed by atoms with E-state index >= 15 is 0 Å². The molecule has 0 aliphatic carbocycles. The lowest BCUT2D eigenvalue weighted by Gasteiger charge is -2.06. The molecule has 0 saturated heterocycles. The van der Waals surface area contributed by atoms with Crippen LogP contribution in [0, 0.1) is 0 Å². The van der Waals surface area contributed by atoms with Crippen molar-refractivity contribution in [3.8, 4) is 5.75 Å². The monoisotopic (exact) mass is 321 g/mol. The number of rotatable bonds is 4. The Labute approximate surface area is 108 Å². The summed E-state index contributed by atoms with van der Waals surface area (Å²) < 4.78 is 22.4. The molecule has 0 heterocycles. The molecule has 1 rings (SSSR count). The first-order chi connectivity index (χ1) is 7.79. The van der Waals surface area contributed by atoms with Crippen molar-refractivity contribution in [2.45, 2.75) is 0 Å². The Kier molecular flexibility index (Phi) is 4.53. The number of carbonyl (C=O) groups excluding carboxylic acids is 1. The minimum atomic E-state index is -3.11. The van der Waals surface area contributed by atoms with E-state index in [0.29, 0.717) is 4.47 Å². The highest BCUT2D eigenvalue weighted by atomic mass is 79.9. The van der Waals surface area contributed by atoms with Gasteiger partial charge in [-0.2, -0.15) is 0 Å². The highest BCUT2D eigenvalue weighted by Crippen LogP contribution is 2.21. The van der Waals surface area contributed by atoms with Gasteiger partial charge in [-0.15, -0.1) is 0 Å². The van der Waals surface area contributed by atoms with Crippen LogP contribution in [0.5, 0.6) is 5.75 Å². The van der Waals surface area contributed by atoms with Gasteiger partial charge in [-0.3, -0.25) is 4.79 Å². The van der Waals surface area contributed by atoms with Crippen molar-refractivity contribution in [3.05, 3.63) is 28.2 Å². The van der Waals surface area contributed by atoms with Crippen molar-refractivity contribution in [2.24, 2.45) is 0 Å². The summed E-state index contributed by atoms with van der Waals surface area (Å²) in [5.41, 5.74) is 0.105. The Morgan fingerprint density at radius 3 is 2.71 bits per heavy atom. The Bertz CT molecular complexity index is 527. The van der Waals surface area contributed by atoms with Gasteiger partial charge >= 0.3 is 0 Å². The summed E-state index contributed by atoms with van der Waals surface area (Å²) in [5.74, 6) is -0.787. The van der Waals surface area contributed by atoms with Gasteiger partial charge in [0.1, 0.15) is 15.6 Å². The third kappa shape index (κ3) is 4.74. The third-order valence-corrected chi connectivity index (χ3v) is 3.40. The van der Waals surface area contributed by atoms with Crippen LogP contribution < -0.4 is 5.32 Å². The molecule has 0 radical (unpaired) electrons. The minimum Gasteiger partial charge on any atom is -0.507 e. The molecule has 2 N–H and O–H groups in total. The van der Waals surface area contributed by atoms with Crippen LogP contribution in [0.15, 0.2) is 22.7 Å². The zero-order valence-electron chi connectivity index (χ0n) is 9.10. The fourth-order valence-corrected chi connectivity index (χ4v) is 1.97. The van der Waals surface area contributed by atoms with Crippen LogP contribution in [-0.2, 0) is 9.84 Å². The highest BCUT2D eigenvalue weighted by molar-refractivity contribution is 9.10. The third-order valence-electron chi connectivity index (χ3n) is 1.96. The summed E-state index contributed by atoms with van der Waals surface area (Å²) in [6.45, 7) is 0.0175. The van der Waals surface area contributed by atoms with Gasteiger partial charge in [0.05, 0.1) is 11.3 Å². The Morgan fingerprint density at radius 2 is 2.12 bits per heavy atom. The first-order valence-corrected chi connectivity index (χ1v) is 7.59. The zero-order valence-corrected chi connectivity index (χ0v) is 11.5. The normalized spacial score (nSPS) is 11.2. The van der Waals surface area contributed by atoms with Crippen LogP contribution in [0.2, 0.25) is 0 Å². The van der Waals surface area contributed by atoms with E-state index in [-0.39, 0.29) is 23.6 Å². The van der Waals surface area contributed by atoms with Crippen molar-refractivity contribution < 1.29 is 18.3 Å². The molecule has 0 atom stereocenters. The number of amides is 1. The van der Waals surface area contributed by atoms with Gasteiger partial charge < -0.3 is 10.4 Å². The maximum absolute atomic E-state index is 11.6. The first-order valence-electron chi connectivity index (χ1n) is 4.74. The Hall–Kier alpha value is -1.08. The molecular formula is C10H12BrNO4S. The molecule has 0 aromatic heterocycles. The number of hydrogen-bond donors (Lipinski definition) is 2. The Morgan fingerprint density at radius 1 is 1.47 bits per heavy atom. The summed E-state index contributed by atoms with van der Waals surface area (Å²) in [6, 6.07) is 4.45. The second-order valence-corrected chi connectivity index (χ2v) is 6.72. The highest BCUT2D eigenvalue weighted by Gasteiger charge is 2.11. The van der Waals surface area contributed by atoms with Crippen molar-refractivity contribution in [1.82, 2.24) is 5.32 Å². The van der Waals surface area contributed by atoms with E-state index in [1.54, 1.807) is 6.07 Å². The fraction of sp³-hybridized carbons (Fsp3) is 0.300. The predicted octanol–water partition coefficient (Wildman–Crippen LogP) is 0.929. The molecule has 0 saturated carbocycles. The van der Waals surface area contributed by atoms with Gasteiger partial charge in [0.25, 0.3) is 5.91 Å². The molecule has 0 spiro atoms. The molecule has 94 valence electrons. The molecule has 0 aliphatic rings. The smallest absolute Gasteiger partial charge is 0.255 e. The molecule has 1 aromatic rings. The first kappa shape index (κ1) is 14.0. The molecule has 0 unspecified atom stereocenters. The van der Waals surface area contributed by atoms with E-state index in [0.717, 1.165) is 6.26 Å². The summed E-state index contributed by atoms with van der Waals surface area (Å²) >= 11 is 3.18. The number of nitrogens with one attached hydrogen (secondary N) is 1. The SMILES string of the molecule is CS(=O)(=O)CCNC(=O)c1cc(Br)ccc1O. The van der Waals surface area contributed by atoms with Gasteiger partial charge in [0.2, 0.25) is 0 Å². The molecular weight excluding hydrogens is 310 g/mol. The van der Waals surface area contributed by atoms with Gasteiger partial charge in [0.15, 0.2) is 0 Å². The van der Waals surface area contributed by atoms with Gasteiger partial charge in [-0.25, -0.2) is 8.42 Å². The molecule has 0 bridgehead atoms. The minimum absolute atomic E-state index is 0.0175. The molecule has 17 heavy (non-hydrogen) atoms. The molecule has 0 aliphatic heterocycles. The number of hydrogen-bond acceptors (Lipinski definition) is 4. The van der Waals surface area contributed by atoms with E-state index < -0.39 is 15.7 Å². The van der Waals surface area contributed by atoms with Crippen molar-refractivity contribution in [2.75, 3.05) is 18.6 Å². The lowest BCUT2D eigenvalue weighted by atomic mass is 10.2. The van der Waals surface area contributed by atoms with Crippen LogP contribution in [0.1, 0.15) is 10.4 Å². The summed E-state index contributed by atoms with van der Waals surface area (Å²) in [6.07, 6.45) is 1.09. The van der Waals surface area contributed by atoms with E-state index in [4.69, 9.17) is 0 Å². The summed E-state index contributed by atoms with van der Waals surface area (Å²) in [5, 5.41) is 11.9. The average molecular weight is 322 g/mol. The predicted molar refractivity (Wildman–Crippen MR) is 67.9 cm³/mol. The molecule has 7 heteroatoms. The lowest BCUT2D eigenvalue weighted by Crippen LogP contribution is -2.28. The van der Waals surface area contributed by atoms with Crippen molar-refractivity contribution in [1.29, 1.82) is 0 Å².